The lowest BCUT2D eigenvalue weighted by Crippen LogP contribution is -2.14. The van der Waals surface area contributed by atoms with Gasteiger partial charge in [-0.05, 0) is 11.6 Å². The third-order valence-electron chi connectivity index (χ3n) is 2.55. The van der Waals surface area contributed by atoms with E-state index in [9.17, 15) is 0 Å². The first kappa shape index (κ1) is 7.83. The lowest BCUT2D eigenvalue weighted by molar-refractivity contribution is 0.226. The van der Waals surface area contributed by atoms with Crippen LogP contribution in [0.25, 0.3) is 0 Å². The van der Waals surface area contributed by atoms with Crippen molar-refractivity contribution in [3.63, 3.8) is 0 Å². The predicted molar refractivity (Wildman–Crippen MR) is 44.9 cm³/mol. The molecule has 3 nitrogen and oxygen atoms in total. The van der Waals surface area contributed by atoms with Crippen molar-refractivity contribution >= 4 is 0 Å². The minimum atomic E-state index is 0.253. The van der Waals surface area contributed by atoms with Crippen molar-refractivity contribution in [2.24, 2.45) is 5.92 Å². The topological polar surface area (TPSA) is 45.4 Å². The number of hydrogen-bond acceptors (Lipinski definition) is 3. The summed E-state index contributed by atoms with van der Waals surface area (Å²) < 4.78 is 5.01. The molecule has 0 spiro atoms. The van der Waals surface area contributed by atoms with Crippen LogP contribution in [0.5, 0.6) is 0 Å². The van der Waals surface area contributed by atoms with Crippen LogP contribution in [0, 0.1) is 5.92 Å². The van der Waals surface area contributed by atoms with E-state index in [1.165, 1.54) is 5.56 Å². The second-order valence-electron chi connectivity index (χ2n) is 3.26. The van der Waals surface area contributed by atoms with Crippen LogP contribution in [0.1, 0.15) is 11.5 Å². The van der Waals surface area contributed by atoms with Gasteiger partial charge in [0.25, 0.3) is 0 Å². The fourth-order valence-corrected chi connectivity index (χ4v) is 1.80. The van der Waals surface area contributed by atoms with E-state index < -0.39 is 0 Å². The summed E-state index contributed by atoms with van der Waals surface area (Å²) in [6, 6.07) is 1.97. The quantitative estimate of drug-likeness (QED) is 0.677. The van der Waals surface area contributed by atoms with Crippen LogP contribution < -0.4 is 5.32 Å². The summed E-state index contributed by atoms with van der Waals surface area (Å²) in [7, 11) is 0. The maximum Gasteiger partial charge on any atom is 0.0937 e. The molecule has 2 atom stereocenters. The maximum atomic E-state index is 9.06. The summed E-state index contributed by atoms with van der Waals surface area (Å²) in [5.74, 6) is 0.774. The van der Waals surface area contributed by atoms with Gasteiger partial charge < -0.3 is 14.8 Å². The molecule has 2 heterocycles. The fraction of sp³-hybridized carbons (Fsp3) is 0.556. The summed E-state index contributed by atoms with van der Waals surface area (Å²) in [6.07, 6.45) is 3.45. The van der Waals surface area contributed by atoms with Gasteiger partial charge in [0.05, 0.1) is 12.5 Å². The molecular formula is C9H13NO2. The van der Waals surface area contributed by atoms with Gasteiger partial charge >= 0.3 is 0 Å². The van der Waals surface area contributed by atoms with E-state index in [-0.39, 0.29) is 6.61 Å². The van der Waals surface area contributed by atoms with Gasteiger partial charge in [-0.1, -0.05) is 0 Å². The zero-order chi connectivity index (χ0) is 8.39. The highest BCUT2D eigenvalue weighted by Gasteiger charge is 2.28. The van der Waals surface area contributed by atoms with Crippen LogP contribution >= 0.6 is 0 Å². The molecule has 2 rings (SSSR count). The number of hydrogen-bond donors (Lipinski definition) is 2. The fourth-order valence-electron chi connectivity index (χ4n) is 1.80. The van der Waals surface area contributed by atoms with Crippen molar-refractivity contribution in [3.05, 3.63) is 24.2 Å². The van der Waals surface area contributed by atoms with Gasteiger partial charge in [-0.2, -0.15) is 0 Å². The van der Waals surface area contributed by atoms with E-state index in [4.69, 9.17) is 9.52 Å². The van der Waals surface area contributed by atoms with Crippen molar-refractivity contribution in [1.29, 1.82) is 0 Å². The van der Waals surface area contributed by atoms with Gasteiger partial charge in [0.15, 0.2) is 0 Å². The third-order valence-corrected chi connectivity index (χ3v) is 2.55. The Bertz CT molecular complexity index is 233. The highest BCUT2D eigenvalue weighted by molar-refractivity contribution is 5.16. The Morgan fingerprint density at radius 3 is 3.17 bits per heavy atom. The number of aliphatic hydroxyl groups excluding tert-OH is 1. The third kappa shape index (κ3) is 1.26. The van der Waals surface area contributed by atoms with Crippen LogP contribution in [-0.4, -0.2) is 24.8 Å². The van der Waals surface area contributed by atoms with Crippen LogP contribution in [0.3, 0.4) is 0 Å². The lowest BCUT2D eigenvalue weighted by atomic mass is 9.91. The molecule has 3 heteroatoms. The number of rotatable bonds is 2. The summed E-state index contributed by atoms with van der Waals surface area (Å²) in [5.41, 5.74) is 1.19. The molecule has 66 valence electrons. The van der Waals surface area contributed by atoms with Crippen LogP contribution in [0.4, 0.5) is 0 Å². The first-order valence-electron chi connectivity index (χ1n) is 4.25. The standard InChI is InChI=1S/C9H13NO2/c11-5-8-3-10-4-9(8)7-1-2-12-6-7/h1-2,6,8-11H,3-5H2. The van der Waals surface area contributed by atoms with Crippen LogP contribution in [-0.2, 0) is 0 Å². The number of aliphatic hydroxyl groups is 1. The Morgan fingerprint density at radius 2 is 2.50 bits per heavy atom. The summed E-state index contributed by atoms with van der Waals surface area (Å²) in [6.45, 7) is 2.11. The van der Waals surface area contributed by atoms with Crippen molar-refractivity contribution in [2.45, 2.75) is 5.92 Å². The maximum absolute atomic E-state index is 9.06. The van der Waals surface area contributed by atoms with Gasteiger partial charge in [0, 0.05) is 31.5 Å². The molecule has 0 amide bonds. The van der Waals surface area contributed by atoms with Crippen LogP contribution in [0.15, 0.2) is 23.0 Å². The van der Waals surface area contributed by atoms with E-state index >= 15 is 0 Å². The molecule has 1 aliphatic heterocycles. The monoisotopic (exact) mass is 167 g/mol. The van der Waals surface area contributed by atoms with Gasteiger partial charge in [-0.25, -0.2) is 0 Å². The molecule has 12 heavy (non-hydrogen) atoms. The summed E-state index contributed by atoms with van der Waals surface area (Å²) in [4.78, 5) is 0. The van der Waals surface area contributed by atoms with Crippen molar-refractivity contribution in [3.8, 4) is 0 Å². The second-order valence-corrected chi connectivity index (χ2v) is 3.26. The molecular weight excluding hydrogens is 154 g/mol. The molecule has 2 unspecified atom stereocenters. The predicted octanol–water partition coefficient (Wildman–Crippen LogP) is 0.575. The van der Waals surface area contributed by atoms with Crippen molar-refractivity contribution in [2.75, 3.05) is 19.7 Å². The second kappa shape index (κ2) is 3.29. The first-order valence-corrected chi connectivity index (χ1v) is 4.25. The number of nitrogens with one attached hydrogen (secondary N) is 1. The van der Waals surface area contributed by atoms with Gasteiger partial charge in [0.2, 0.25) is 0 Å². The van der Waals surface area contributed by atoms with E-state index in [0.29, 0.717) is 11.8 Å². The Morgan fingerprint density at radius 1 is 1.58 bits per heavy atom. The first-order chi connectivity index (χ1) is 5.92. The summed E-state index contributed by atoms with van der Waals surface area (Å²) >= 11 is 0. The molecule has 1 saturated heterocycles. The molecule has 0 bridgehead atoms. The Labute approximate surface area is 71.4 Å². The highest BCUT2D eigenvalue weighted by atomic mass is 16.3. The van der Waals surface area contributed by atoms with Gasteiger partial charge in [-0.15, -0.1) is 0 Å². The molecule has 1 aromatic rings. The zero-order valence-corrected chi connectivity index (χ0v) is 6.86. The SMILES string of the molecule is OCC1CNCC1c1ccoc1. The average Bonchev–Trinajstić information content (AvgIpc) is 2.74. The van der Waals surface area contributed by atoms with E-state index in [2.05, 4.69) is 5.32 Å². The Kier molecular flexibility index (Phi) is 2.15. The Balaban J connectivity index is 2.13. The highest BCUT2D eigenvalue weighted by Crippen LogP contribution is 2.27. The molecule has 0 saturated carbocycles. The zero-order valence-electron chi connectivity index (χ0n) is 6.86. The van der Waals surface area contributed by atoms with Crippen molar-refractivity contribution < 1.29 is 9.52 Å². The molecule has 1 fully saturated rings. The van der Waals surface area contributed by atoms with Gasteiger partial charge in [0.1, 0.15) is 0 Å². The average molecular weight is 167 g/mol. The van der Waals surface area contributed by atoms with Crippen LogP contribution in [0.2, 0.25) is 0 Å². The molecule has 1 aromatic heterocycles. The summed E-state index contributed by atoms with van der Waals surface area (Å²) in [5, 5.41) is 12.3. The van der Waals surface area contributed by atoms with E-state index in [1.807, 2.05) is 6.07 Å². The Hall–Kier alpha value is -0.800. The lowest BCUT2D eigenvalue weighted by Gasteiger charge is -2.13. The normalized spacial score (nSPS) is 29.4. The van der Waals surface area contributed by atoms with E-state index in [1.54, 1.807) is 12.5 Å². The smallest absolute Gasteiger partial charge is 0.0937 e. The molecule has 2 N–H and O–H groups in total. The number of furan rings is 1. The molecule has 1 aliphatic rings. The molecule has 0 aliphatic carbocycles. The van der Waals surface area contributed by atoms with Gasteiger partial charge in [-0.3, -0.25) is 0 Å². The minimum Gasteiger partial charge on any atom is -0.472 e. The molecule has 0 aromatic carbocycles. The largest absolute Gasteiger partial charge is 0.472 e. The molecule has 0 radical (unpaired) electrons. The minimum absolute atomic E-state index is 0.253. The van der Waals surface area contributed by atoms with E-state index in [0.717, 1.165) is 13.1 Å². The van der Waals surface area contributed by atoms with Crippen molar-refractivity contribution in [1.82, 2.24) is 5.32 Å².